The van der Waals surface area contributed by atoms with E-state index >= 15 is 0 Å². The van der Waals surface area contributed by atoms with Crippen molar-refractivity contribution in [2.24, 2.45) is 0 Å². The largest absolute Gasteiger partial charge is 0.432 e. The Balaban J connectivity index is 1.62. The van der Waals surface area contributed by atoms with E-state index in [1.165, 1.54) is 12.1 Å². The van der Waals surface area contributed by atoms with E-state index in [9.17, 15) is 43.9 Å². The molecule has 0 unspecified atom stereocenters. The Morgan fingerprint density at radius 1 is 0.610 bits per heavy atom. The highest BCUT2D eigenvalue weighted by atomic mass is 19.3. The summed E-state index contributed by atoms with van der Waals surface area (Å²) >= 11 is 0. The predicted octanol–water partition coefficient (Wildman–Crippen LogP) is 9.99. The molecule has 216 valence electrons. The molecule has 4 aromatic carbocycles. The van der Waals surface area contributed by atoms with Crippen LogP contribution in [0.15, 0.2) is 54.6 Å². The zero-order chi connectivity index (χ0) is 30.1. The molecule has 4 rings (SSSR count). The van der Waals surface area contributed by atoms with Crippen LogP contribution in [0.3, 0.4) is 0 Å². The Kier molecular flexibility index (Phi) is 8.65. The number of aryl methyl sites for hydroxylation is 1. The lowest BCUT2D eigenvalue weighted by Gasteiger charge is -2.20. The topological polar surface area (TPSA) is 9.23 Å². The van der Waals surface area contributed by atoms with Gasteiger partial charge >= 0.3 is 6.11 Å². The highest BCUT2D eigenvalue weighted by molar-refractivity contribution is 5.67. The van der Waals surface area contributed by atoms with Gasteiger partial charge in [-0.1, -0.05) is 31.9 Å². The van der Waals surface area contributed by atoms with Gasteiger partial charge in [-0.05, 0) is 59.9 Å². The number of halogens is 10. The van der Waals surface area contributed by atoms with Crippen molar-refractivity contribution in [3.05, 3.63) is 112 Å². The molecule has 41 heavy (non-hydrogen) atoms. The van der Waals surface area contributed by atoms with Gasteiger partial charge in [-0.2, -0.15) is 8.78 Å². The number of hydrogen-bond donors (Lipinski definition) is 0. The summed E-state index contributed by atoms with van der Waals surface area (Å²) in [5.41, 5.74) is -3.77. The molecule has 11 heteroatoms. The Hall–Kier alpha value is -4.02. The zero-order valence-electron chi connectivity index (χ0n) is 21.2. The molecule has 0 bridgehead atoms. The maximum atomic E-state index is 14.9. The fraction of sp³-hybridized carbons (Fsp3) is 0.200. The SMILES string of the molecule is CCCCCc1ccc(-c2cc(F)c(C(F)(F)Oc3cc(F)c(-c4cc(F)c(F)c(F)c4)c(F)c3)c(F)c2)c(F)c1. The van der Waals surface area contributed by atoms with Gasteiger partial charge in [0.2, 0.25) is 0 Å². The zero-order valence-corrected chi connectivity index (χ0v) is 21.2. The molecule has 4 aromatic rings. The number of ether oxygens (including phenoxy) is 1. The number of unbranched alkanes of at least 4 members (excludes halogenated alkanes) is 2. The van der Waals surface area contributed by atoms with Gasteiger partial charge in [-0.15, -0.1) is 0 Å². The van der Waals surface area contributed by atoms with Crippen LogP contribution in [-0.4, -0.2) is 0 Å². The summed E-state index contributed by atoms with van der Waals surface area (Å²) in [5.74, 6) is -14.4. The van der Waals surface area contributed by atoms with E-state index in [1.54, 1.807) is 6.07 Å². The molecular weight excluding hydrogens is 566 g/mol. The molecule has 0 aliphatic carbocycles. The number of benzene rings is 4. The lowest BCUT2D eigenvalue weighted by Crippen LogP contribution is -2.25. The number of alkyl halides is 2. The average molecular weight is 586 g/mol. The van der Waals surface area contributed by atoms with Crippen molar-refractivity contribution in [3.63, 3.8) is 0 Å². The standard InChI is InChI=1S/C30H20F10O/c1-2-3-4-5-15-6-7-19(20(31)8-15)16-9-23(34)28(24(35)10-16)30(39,40)41-18-13-21(32)27(22(33)14-18)17-11-25(36)29(38)26(37)12-17/h6-14H,2-5H2,1H3. The van der Waals surface area contributed by atoms with Crippen LogP contribution < -0.4 is 4.74 Å². The molecule has 0 aliphatic rings. The van der Waals surface area contributed by atoms with Crippen molar-refractivity contribution >= 4 is 0 Å². The van der Waals surface area contributed by atoms with E-state index < -0.39 is 75.1 Å². The van der Waals surface area contributed by atoms with Crippen molar-refractivity contribution < 1.29 is 48.6 Å². The molecule has 0 spiro atoms. The lowest BCUT2D eigenvalue weighted by atomic mass is 9.99. The summed E-state index contributed by atoms with van der Waals surface area (Å²) in [6, 6.07) is 5.88. The molecule has 0 amide bonds. The molecule has 0 aliphatic heterocycles. The summed E-state index contributed by atoms with van der Waals surface area (Å²) < 4.78 is 148. The van der Waals surface area contributed by atoms with Crippen molar-refractivity contribution in [2.45, 2.75) is 38.7 Å². The highest BCUT2D eigenvalue weighted by Gasteiger charge is 2.41. The maximum Gasteiger partial charge on any atom is 0.432 e. The monoisotopic (exact) mass is 586 g/mol. The van der Waals surface area contributed by atoms with Crippen LogP contribution >= 0.6 is 0 Å². The van der Waals surface area contributed by atoms with Gasteiger partial charge in [0.05, 0.1) is 5.56 Å². The first-order chi connectivity index (χ1) is 19.3. The maximum absolute atomic E-state index is 14.9. The van der Waals surface area contributed by atoms with Gasteiger partial charge < -0.3 is 4.74 Å². The first-order valence-electron chi connectivity index (χ1n) is 12.3. The Morgan fingerprint density at radius 3 is 1.71 bits per heavy atom. The predicted molar refractivity (Wildman–Crippen MR) is 131 cm³/mol. The summed E-state index contributed by atoms with van der Waals surface area (Å²) in [6.07, 6.45) is -1.55. The second-order valence-corrected chi connectivity index (χ2v) is 9.22. The third-order valence-corrected chi connectivity index (χ3v) is 6.28. The molecular formula is C30H20F10O. The van der Waals surface area contributed by atoms with Gasteiger partial charge in [-0.25, -0.2) is 35.1 Å². The van der Waals surface area contributed by atoms with E-state index in [1.807, 2.05) is 6.92 Å². The summed E-state index contributed by atoms with van der Waals surface area (Å²) in [7, 11) is 0. The fourth-order valence-electron chi connectivity index (χ4n) is 4.32. The third kappa shape index (κ3) is 6.34. The second kappa shape index (κ2) is 11.8. The van der Waals surface area contributed by atoms with E-state index in [4.69, 9.17) is 0 Å². The van der Waals surface area contributed by atoms with Gasteiger partial charge in [0.25, 0.3) is 0 Å². The minimum Gasteiger partial charge on any atom is -0.429 e. The van der Waals surface area contributed by atoms with Gasteiger partial charge in [-0.3, -0.25) is 0 Å². The first-order valence-corrected chi connectivity index (χ1v) is 12.3. The molecule has 0 radical (unpaired) electrons. The Bertz CT molecular complexity index is 1530. The second-order valence-electron chi connectivity index (χ2n) is 9.22. The molecule has 0 saturated heterocycles. The van der Waals surface area contributed by atoms with Crippen LogP contribution in [-0.2, 0) is 12.5 Å². The van der Waals surface area contributed by atoms with E-state index in [0.29, 0.717) is 24.1 Å². The third-order valence-electron chi connectivity index (χ3n) is 6.28. The van der Waals surface area contributed by atoms with Crippen LogP contribution in [0.1, 0.15) is 37.3 Å². The molecule has 0 aromatic heterocycles. The molecule has 1 nitrogen and oxygen atoms in total. The van der Waals surface area contributed by atoms with Crippen molar-refractivity contribution in [1.29, 1.82) is 0 Å². The highest BCUT2D eigenvalue weighted by Crippen LogP contribution is 2.39. The lowest BCUT2D eigenvalue weighted by molar-refractivity contribution is -0.189. The Morgan fingerprint density at radius 2 is 1.17 bits per heavy atom. The van der Waals surface area contributed by atoms with E-state index in [0.717, 1.165) is 19.3 Å². The minimum absolute atomic E-state index is 0.188. The van der Waals surface area contributed by atoms with Crippen molar-refractivity contribution in [1.82, 2.24) is 0 Å². The quantitative estimate of drug-likeness (QED) is 0.108. The number of hydrogen-bond acceptors (Lipinski definition) is 1. The van der Waals surface area contributed by atoms with E-state index in [2.05, 4.69) is 4.74 Å². The average Bonchev–Trinajstić information content (AvgIpc) is 2.86. The number of rotatable bonds is 9. The van der Waals surface area contributed by atoms with Gasteiger partial charge in [0.15, 0.2) is 17.5 Å². The molecule has 0 heterocycles. The van der Waals surface area contributed by atoms with Crippen LogP contribution in [0.25, 0.3) is 22.3 Å². The van der Waals surface area contributed by atoms with Crippen molar-refractivity contribution in [3.8, 4) is 28.0 Å². The summed E-state index contributed by atoms with van der Waals surface area (Å²) in [5, 5.41) is 0. The van der Waals surface area contributed by atoms with Crippen LogP contribution in [0.2, 0.25) is 0 Å². The summed E-state index contributed by atoms with van der Waals surface area (Å²) in [6.45, 7) is 2.00. The first kappa shape index (κ1) is 30.0. The normalized spacial score (nSPS) is 11.7. The minimum atomic E-state index is -4.82. The molecule has 0 fully saturated rings. The van der Waals surface area contributed by atoms with Crippen LogP contribution in [0.5, 0.6) is 5.75 Å². The van der Waals surface area contributed by atoms with Crippen molar-refractivity contribution in [2.75, 3.05) is 0 Å². The molecule has 0 N–H and O–H groups in total. The van der Waals surface area contributed by atoms with Crippen LogP contribution in [0, 0.1) is 46.5 Å². The van der Waals surface area contributed by atoms with Crippen LogP contribution in [0.4, 0.5) is 43.9 Å². The van der Waals surface area contributed by atoms with Gasteiger partial charge in [0, 0.05) is 17.7 Å². The summed E-state index contributed by atoms with van der Waals surface area (Å²) in [4.78, 5) is 0. The molecule has 0 saturated carbocycles. The smallest absolute Gasteiger partial charge is 0.429 e. The molecule has 0 atom stereocenters. The van der Waals surface area contributed by atoms with Gasteiger partial charge in [0.1, 0.15) is 40.4 Å². The van der Waals surface area contributed by atoms with E-state index in [-0.39, 0.29) is 35.4 Å². The fourth-order valence-corrected chi connectivity index (χ4v) is 4.32. The Labute approximate surface area is 228 Å².